The zero-order valence-corrected chi connectivity index (χ0v) is 15.2. The number of aromatic amines is 1. The molecule has 0 aliphatic rings. The number of aromatic nitrogens is 2. The lowest BCUT2D eigenvalue weighted by Crippen LogP contribution is -2.20. The van der Waals surface area contributed by atoms with Gasteiger partial charge >= 0.3 is 12.2 Å². The highest BCUT2D eigenvalue weighted by Gasteiger charge is 2.34. The molecule has 0 bridgehead atoms. The van der Waals surface area contributed by atoms with Crippen molar-refractivity contribution in [2.24, 2.45) is 0 Å². The molecule has 30 heavy (non-hydrogen) atoms. The number of pyridine rings is 1. The third kappa shape index (κ3) is 3.95. The van der Waals surface area contributed by atoms with Crippen LogP contribution in [0.25, 0.3) is 22.0 Å². The van der Waals surface area contributed by atoms with Crippen molar-refractivity contribution in [1.29, 1.82) is 0 Å². The first-order valence-electron chi connectivity index (χ1n) is 8.77. The number of rotatable bonds is 3. The minimum atomic E-state index is -4.85. The summed E-state index contributed by atoms with van der Waals surface area (Å²) in [6.07, 6.45) is 0.416. The van der Waals surface area contributed by atoms with Gasteiger partial charge in [0.1, 0.15) is 5.82 Å². The van der Waals surface area contributed by atoms with E-state index in [9.17, 15) is 22.4 Å². The van der Waals surface area contributed by atoms with Gasteiger partial charge in [-0.3, -0.25) is 4.98 Å². The molecule has 5 nitrogen and oxygen atoms in total. The largest absolute Gasteiger partial charge is 0.419 e. The summed E-state index contributed by atoms with van der Waals surface area (Å²) in [6.45, 7) is 0. The van der Waals surface area contributed by atoms with Crippen molar-refractivity contribution >= 4 is 28.3 Å². The van der Waals surface area contributed by atoms with Gasteiger partial charge in [-0.2, -0.15) is 13.2 Å². The minimum absolute atomic E-state index is 0.176. The Morgan fingerprint density at radius 2 is 1.67 bits per heavy atom. The quantitative estimate of drug-likeness (QED) is 0.358. The standard InChI is InChI=1S/C21H14F4N4O/c22-18-6-5-14(9-17(18)21(23,24)25)29-20(30)28-13-3-1-12(2-4-13)16-10-27-19-11-26-8-7-15(16)19/h1-11,27H,(H2,28,29,30). The summed E-state index contributed by atoms with van der Waals surface area (Å²) < 4.78 is 51.7. The Hall–Kier alpha value is -3.88. The summed E-state index contributed by atoms with van der Waals surface area (Å²) in [5, 5.41) is 5.80. The smallest absolute Gasteiger partial charge is 0.359 e. The molecular formula is C21H14F4N4O. The zero-order valence-electron chi connectivity index (χ0n) is 15.2. The van der Waals surface area contributed by atoms with Gasteiger partial charge in [-0.25, -0.2) is 9.18 Å². The number of urea groups is 1. The number of hydrogen-bond donors (Lipinski definition) is 3. The minimum Gasteiger partial charge on any atom is -0.359 e. The number of anilines is 2. The fraction of sp³-hybridized carbons (Fsp3) is 0.0476. The van der Waals surface area contributed by atoms with E-state index >= 15 is 0 Å². The highest BCUT2D eigenvalue weighted by atomic mass is 19.4. The number of nitrogens with one attached hydrogen (secondary N) is 3. The number of carbonyl (C=O) groups excluding carboxylic acids is 1. The molecule has 3 N–H and O–H groups in total. The Balaban J connectivity index is 1.47. The van der Waals surface area contributed by atoms with Crippen molar-refractivity contribution in [2.75, 3.05) is 10.6 Å². The van der Waals surface area contributed by atoms with E-state index in [0.29, 0.717) is 17.8 Å². The van der Waals surface area contributed by atoms with Crippen molar-refractivity contribution in [3.63, 3.8) is 0 Å². The number of carbonyl (C=O) groups is 1. The monoisotopic (exact) mass is 414 g/mol. The summed E-state index contributed by atoms with van der Waals surface area (Å²) in [5.41, 5.74) is 1.59. The topological polar surface area (TPSA) is 69.8 Å². The van der Waals surface area contributed by atoms with Crippen molar-refractivity contribution in [1.82, 2.24) is 9.97 Å². The van der Waals surface area contributed by atoms with Crippen LogP contribution in [0.15, 0.2) is 67.1 Å². The molecule has 2 heterocycles. The van der Waals surface area contributed by atoms with Crippen LogP contribution in [0.3, 0.4) is 0 Å². The molecule has 0 aliphatic carbocycles. The lowest BCUT2D eigenvalue weighted by molar-refractivity contribution is -0.139. The van der Waals surface area contributed by atoms with Crippen molar-refractivity contribution < 1.29 is 22.4 Å². The van der Waals surface area contributed by atoms with E-state index in [1.165, 1.54) is 0 Å². The first-order chi connectivity index (χ1) is 14.3. The molecule has 0 atom stereocenters. The Labute approximate surface area is 167 Å². The van der Waals surface area contributed by atoms with Crippen molar-refractivity contribution in [3.8, 4) is 11.1 Å². The maximum absolute atomic E-state index is 13.3. The Morgan fingerprint density at radius 3 is 2.40 bits per heavy atom. The highest BCUT2D eigenvalue weighted by molar-refractivity contribution is 6.00. The van der Waals surface area contributed by atoms with Crippen LogP contribution in [0.2, 0.25) is 0 Å². The number of H-pyrrole nitrogens is 1. The normalized spacial score (nSPS) is 11.5. The molecule has 0 aliphatic heterocycles. The van der Waals surface area contributed by atoms with E-state index < -0.39 is 23.6 Å². The predicted molar refractivity (Wildman–Crippen MR) is 106 cm³/mol. The summed E-state index contributed by atoms with van der Waals surface area (Å²) >= 11 is 0. The van der Waals surface area contributed by atoms with Gasteiger partial charge < -0.3 is 15.6 Å². The van der Waals surface area contributed by atoms with E-state index in [2.05, 4.69) is 20.6 Å². The lowest BCUT2D eigenvalue weighted by Gasteiger charge is -2.12. The number of halogens is 4. The molecule has 0 saturated heterocycles. The molecular weight excluding hydrogens is 400 g/mol. The molecule has 9 heteroatoms. The molecule has 0 unspecified atom stereocenters. The number of benzene rings is 2. The van der Waals surface area contributed by atoms with E-state index in [1.54, 1.807) is 36.7 Å². The van der Waals surface area contributed by atoms with Gasteiger partial charge in [0.2, 0.25) is 0 Å². The second-order valence-electron chi connectivity index (χ2n) is 6.47. The van der Waals surface area contributed by atoms with Crippen LogP contribution in [-0.4, -0.2) is 16.0 Å². The molecule has 0 spiro atoms. The van der Waals surface area contributed by atoms with E-state index in [0.717, 1.165) is 28.1 Å². The van der Waals surface area contributed by atoms with E-state index in [4.69, 9.17) is 0 Å². The first-order valence-corrected chi connectivity index (χ1v) is 8.77. The van der Waals surface area contributed by atoms with E-state index in [1.807, 2.05) is 12.3 Å². The van der Waals surface area contributed by atoms with Gasteiger partial charge in [-0.05, 0) is 42.0 Å². The SMILES string of the molecule is O=C(Nc1ccc(-c2c[nH]c3cnccc23)cc1)Nc1ccc(F)c(C(F)(F)F)c1. The van der Waals surface area contributed by atoms with Crippen LogP contribution in [0, 0.1) is 5.82 Å². The molecule has 152 valence electrons. The number of amides is 2. The molecule has 4 aromatic rings. The van der Waals surface area contributed by atoms with Crippen LogP contribution in [0.1, 0.15) is 5.56 Å². The fourth-order valence-electron chi connectivity index (χ4n) is 3.06. The van der Waals surface area contributed by atoms with Crippen LogP contribution < -0.4 is 10.6 Å². The van der Waals surface area contributed by atoms with Crippen LogP contribution in [0.4, 0.5) is 33.7 Å². The van der Waals surface area contributed by atoms with Crippen LogP contribution >= 0.6 is 0 Å². The summed E-state index contributed by atoms with van der Waals surface area (Å²) in [7, 11) is 0. The highest BCUT2D eigenvalue weighted by Crippen LogP contribution is 2.33. The van der Waals surface area contributed by atoms with Gasteiger partial charge in [-0.1, -0.05) is 12.1 Å². The molecule has 4 rings (SSSR count). The Kier molecular flexibility index (Phi) is 4.86. The second kappa shape index (κ2) is 7.51. The second-order valence-corrected chi connectivity index (χ2v) is 6.47. The van der Waals surface area contributed by atoms with E-state index in [-0.39, 0.29) is 5.69 Å². The number of hydrogen-bond acceptors (Lipinski definition) is 2. The van der Waals surface area contributed by atoms with Gasteiger partial charge in [-0.15, -0.1) is 0 Å². The first kappa shape index (κ1) is 19.4. The molecule has 2 aromatic heterocycles. The molecule has 2 amide bonds. The molecule has 0 radical (unpaired) electrons. The molecule has 0 saturated carbocycles. The predicted octanol–water partition coefficient (Wildman–Crippen LogP) is 6.03. The Morgan fingerprint density at radius 1 is 0.967 bits per heavy atom. The molecule has 0 fully saturated rings. The van der Waals surface area contributed by atoms with Gasteiger partial charge in [0.15, 0.2) is 0 Å². The van der Waals surface area contributed by atoms with Gasteiger partial charge in [0.05, 0.1) is 17.3 Å². The maximum atomic E-state index is 13.3. The molecule has 2 aromatic carbocycles. The average molecular weight is 414 g/mol. The van der Waals surface area contributed by atoms with Gasteiger partial charge in [0, 0.05) is 34.7 Å². The maximum Gasteiger partial charge on any atom is 0.419 e. The summed E-state index contributed by atoms with van der Waals surface area (Å²) in [4.78, 5) is 19.3. The van der Waals surface area contributed by atoms with Crippen LogP contribution in [0.5, 0.6) is 0 Å². The number of nitrogens with zero attached hydrogens (tertiary/aromatic N) is 1. The third-order valence-electron chi connectivity index (χ3n) is 4.47. The van der Waals surface area contributed by atoms with Crippen molar-refractivity contribution in [3.05, 3.63) is 78.5 Å². The average Bonchev–Trinajstić information content (AvgIpc) is 3.13. The zero-order chi connectivity index (χ0) is 21.3. The van der Waals surface area contributed by atoms with Crippen LogP contribution in [-0.2, 0) is 6.18 Å². The number of fused-ring (bicyclic) bond motifs is 1. The number of alkyl halides is 3. The Bertz CT molecular complexity index is 1220. The van der Waals surface area contributed by atoms with Crippen molar-refractivity contribution in [2.45, 2.75) is 6.18 Å². The summed E-state index contributed by atoms with van der Waals surface area (Å²) in [5.74, 6) is -1.41. The summed E-state index contributed by atoms with van der Waals surface area (Å²) in [6, 6.07) is 10.3. The lowest BCUT2D eigenvalue weighted by atomic mass is 10.1. The third-order valence-corrected chi connectivity index (χ3v) is 4.47. The van der Waals surface area contributed by atoms with Gasteiger partial charge in [0.25, 0.3) is 0 Å². The fourth-order valence-corrected chi connectivity index (χ4v) is 3.06.